The van der Waals surface area contributed by atoms with Gasteiger partial charge in [0.05, 0.1) is 5.69 Å². The predicted molar refractivity (Wildman–Crippen MR) is 64.6 cm³/mol. The Kier molecular flexibility index (Phi) is 3.62. The average molecular weight is 250 g/mol. The van der Waals surface area contributed by atoms with E-state index >= 15 is 0 Å². The van der Waals surface area contributed by atoms with Gasteiger partial charge in [0.2, 0.25) is 0 Å². The molecule has 2 aromatic rings. The molecule has 1 aromatic heterocycles. The number of nitrogens with zero attached hydrogens (tertiary/aromatic N) is 1. The lowest BCUT2D eigenvalue weighted by Crippen LogP contribution is -2.07. The fraction of sp³-hybridized carbons (Fsp3) is 0.308. The Morgan fingerprint density at radius 2 is 2.22 bits per heavy atom. The van der Waals surface area contributed by atoms with Gasteiger partial charge in [-0.15, -0.1) is 0 Å². The summed E-state index contributed by atoms with van der Waals surface area (Å²) in [5, 5.41) is 3.74. The van der Waals surface area contributed by atoms with Crippen LogP contribution in [0.5, 0.6) is 5.75 Å². The summed E-state index contributed by atoms with van der Waals surface area (Å²) in [5.74, 6) is 0.673. The van der Waals surface area contributed by atoms with Gasteiger partial charge in [0, 0.05) is 23.7 Å². The van der Waals surface area contributed by atoms with Gasteiger partial charge in [-0.3, -0.25) is 0 Å². The summed E-state index contributed by atoms with van der Waals surface area (Å²) in [6.45, 7) is 3.78. The molecule has 5 heteroatoms. The quantitative estimate of drug-likeness (QED) is 0.906. The molecule has 0 aliphatic rings. The molecule has 0 amide bonds. The lowest BCUT2D eigenvalue weighted by atomic mass is 10.1. The van der Waals surface area contributed by atoms with Gasteiger partial charge in [-0.1, -0.05) is 11.2 Å². The normalized spacial score (nSPS) is 12.4. The Morgan fingerprint density at radius 1 is 1.44 bits per heavy atom. The molecule has 0 unspecified atom stereocenters. The van der Waals surface area contributed by atoms with Crippen molar-refractivity contribution in [1.82, 2.24) is 5.16 Å². The molecule has 2 rings (SSSR count). The van der Waals surface area contributed by atoms with Crippen LogP contribution in [0.1, 0.15) is 30.0 Å². The van der Waals surface area contributed by atoms with Crippen molar-refractivity contribution < 1.29 is 13.7 Å². The summed E-state index contributed by atoms with van der Waals surface area (Å²) >= 11 is 0. The highest BCUT2D eigenvalue weighted by molar-refractivity contribution is 5.30. The molecule has 0 aliphatic heterocycles. The molecule has 0 fully saturated rings. The zero-order valence-electron chi connectivity index (χ0n) is 10.3. The second-order valence-corrected chi connectivity index (χ2v) is 4.20. The van der Waals surface area contributed by atoms with Crippen molar-refractivity contribution in [3.8, 4) is 5.75 Å². The van der Waals surface area contributed by atoms with Gasteiger partial charge < -0.3 is 15.0 Å². The second kappa shape index (κ2) is 5.18. The zero-order valence-corrected chi connectivity index (χ0v) is 10.3. The fourth-order valence-electron chi connectivity index (χ4n) is 1.61. The number of hydrogen-bond donors (Lipinski definition) is 1. The number of aryl methyl sites for hydroxylation is 1. The van der Waals surface area contributed by atoms with E-state index in [1.54, 1.807) is 25.1 Å². The molecule has 4 nitrogen and oxygen atoms in total. The van der Waals surface area contributed by atoms with Gasteiger partial charge in [-0.2, -0.15) is 0 Å². The molecule has 2 N–H and O–H groups in total. The number of aromatic nitrogens is 1. The first kappa shape index (κ1) is 12.6. The summed E-state index contributed by atoms with van der Waals surface area (Å²) in [7, 11) is 0. The highest BCUT2D eigenvalue weighted by Crippen LogP contribution is 2.21. The maximum atomic E-state index is 13.6. The SMILES string of the molecule is Cc1cc(COc2ccc([C@@H](C)N)c(F)c2)on1. The van der Waals surface area contributed by atoms with Crippen LogP contribution < -0.4 is 10.5 Å². The first-order chi connectivity index (χ1) is 8.56. The van der Waals surface area contributed by atoms with Gasteiger partial charge in [0.1, 0.15) is 18.2 Å². The third kappa shape index (κ3) is 2.87. The molecule has 0 saturated heterocycles. The lowest BCUT2D eigenvalue weighted by Gasteiger charge is -2.09. The van der Waals surface area contributed by atoms with Crippen molar-refractivity contribution in [3.05, 3.63) is 47.1 Å². The van der Waals surface area contributed by atoms with Crippen molar-refractivity contribution in [2.75, 3.05) is 0 Å². The summed E-state index contributed by atoms with van der Waals surface area (Å²) < 4.78 is 24.0. The van der Waals surface area contributed by atoms with E-state index in [2.05, 4.69) is 5.16 Å². The van der Waals surface area contributed by atoms with Gasteiger partial charge >= 0.3 is 0 Å². The molecule has 0 radical (unpaired) electrons. The van der Waals surface area contributed by atoms with Crippen LogP contribution in [0.2, 0.25) is 0 Å². The maximum Gasteiger partial charge on any atom is 0.174 e. The Hall–Kier alpha value is -1.88. The first-order valence-corrected chi connectivity index (χ1v) is 5.66. The summed E-state index contributed by atoms with van der Waals surface area (Å²) in [6, 6.07) is 6.07. The fourth-order valence-corrected chi connectivity index (χ4v) is 1.61. The highest BCUT2D eigenvalue weighted by Gasteiger charge is 2.09. The van der Waals surface area contributed by atoms with Crippen LogP contribution in [0.4, 0.5) is 4.39 Å². The number of rotatable bonds is 4. The van der Waals surface area contributed by atoms with Crippen molar-refractivity contribution >= 4 is 0 Å². The average Bonchev–Trinajstić information content (AvgIpc) is 2.72. The highest BCUT2D eigenvalue weighted by atomic mass is 19.1. The first-order valence-electron chi connectivity index (χ1n) is 5.66. The molecular weight excluding hydrogens is 235 g/mol. The Morgan fingerprint density at radius 3 is 2.78 bits per heavy atom. The Labute approximate surface area is 105 Å². The molecular formula is C13H15FN2O2. The summed E-state index contributed by atoms with van der Waals surface area (Å²) in [6.07, 6.45) is 0. The Balaban J connectivity index is 2.04. The number of hydrogen-bond acceptors (Lipinski definition) is 4. The van der Waals surface area contributed by atoms with Gasteiger partial charge in [0.25, 0.3) is 0 Å². The monoisotopic (exact) mass is 250 g/mol. The maximum absolute atomic E-state index is 13.6. The van der Waals surface area contributed by atoms with Crippen LogP contribution in [0.25, 0.3) is 0 Å². The number of benzene rings is 1. The topological polar surface area (TPSA) is 61.3 Å². The third-order valence-electron chi connectivity index (χ3n) is 2.52. The Bertz CT molecular complexity index is 538. The van der Waals surface area contributed by atoms with E-state index in [4.69, 9.17) is 15.0 Å². The van der Waals surface area contributed by atoms with Crippen LogP contribution in [-0.2, 0) is 6.61 Å². The van der Waals surface area contributed by atoms with Crippen LogP contribution in [0, 0.1) is 12.7 Å². The molecule has 1 aromatic carbocycles. The molecule has 0 bridgehead atoms. The minimum absolute atomic E-state index is 0.220. The van der Waals surface area contributed by atoms with E-state index in [1.165, 1.54) is 6.07 Å². The molecule has 0 saturated carbocycles. The third-order valence-corrected chi connectivity index (χ3v) is 2.52. The zero-order chi connectivity index (χ0) is 13.1. The molecule has 0 aliphatic carbocycles. The second-order valence-electron chi connectivity index (χ2n) is 4.20. The molecule has 1 atom stereocenters. The van der Waals surface area contributed by atoms with Crippen molar-refractivity contribution in [2.45, 2.75) is 26.5 Å². The molecule has 18 heavy (non-hydrogen) atoms. The van der Waals surface area contributed by atoms with Crippen LogP contribution in [0.15, 0.2) is 28.8 Å². The van der Waals surface area contributed by atoms with E-state index in [0.717, 1.165) is 5.69 Å². The van der Waals surface area contributed by atoms with Gasteiger partial charge in [-0.05, 0) is 19.9 Å². The number of ether oxygens (including phenoxy) is 1. The van der Waals surface area contributed by atoms with E-state index < -0.39 is 0 Å². The van der Waals surface area contributed by atoms with Crippen LogP contribution in [-0.4, -0.2) is 5.16 Å². The largest absolute Gasteiger partial charge is 0.485 e. The smallest absolute Gasteiger partial charge is 0.174 e. The minimum Gasteiger partial charge on any atom is -0.485 e. The van der Waals surface area contributed by atoms with E-state index in [0.29, 0.717) is 17.1 Å². The van der Waals surface area contributed by atoms with Crippen molar-refractivity contribution in [2.24, 2.45) is 5.73 Å². The molecule has 1 heterocycles. The molecule has 0 spiro atoms. The molecule has 96 valence electrons. The standard InChI is InChI=1S/C13H15FN2O2/c1-8-5-11(18-16-8)7-17-10-3-4-12(9(2)15)13(14)6-10/h3-6,9H,7,15H2,1-2H3/t9-/m1/s1. The number of nitrogens with two attached hydrogens (primary N) is 1. The minimum atomic E-state index is -0.365. The predicted octanol–water partition coefficient (Wildman–Crippen LogP) is 2.72. The van der Waals surface area contributed by atoms with Crippen LogP contribution in [0.3, 0.4) is 0 Å². The van der Waals surface area contributed by atoms with E-state index in [1.807, 2.05) is 6.92 Å². The number of halogens is 1. The van der Waals surface area contributed by atoms with Gasteiger partial charge in [0.15, 0.2) is 5.76 Å². The van der Waals surface area contributed by atoms with Crippen molar-refractivity contribution in [3.63, 3.8) is 0 Å². The van der Waals surface area contributed by atoms with Gasteiger partial charge in [-0.25, -0.2) is 4.39 Å². The van der Waals surface area contributed by atoms with Crippen LogP contribution >= 0.6 is 0 Å². The van der Waals surface area contributed by atoms with E-state index in [-0.39, 0.29) is 18.5 Å². The van der Waals surface area contributed by atoms with Crippen molar-refractivity contribution in [1.29, 1.82) is 0 Å². The van der Waals surface area contributed by atoms with E-state index in [9.17, 15) is 4.39 Å². The lowest BCUT2D eigenvalue weighted by molar-refractivity contribution is 0.248. The summed E-state index contributed by atoms with van der Waals surface area (Å²) in [5.41, 5.74) is 6.88. The summed E-state index contributed by atoms with van der Waals surface area (Å²) in [4.78, 5) is 0.